The Kier molecular flexibility index (Phi) is 4.42. The summed E-state index contributed by atoms with van der Waals surface area (Å²) in [5.74, 6) is 0.951. The van der Waals surface area contributed by atoms with Gasteiger partial charge in [0.1, 0.15) is 5.82 Å². The molecule has 2 fully saturated rings. The molecule has 0 atom stereocenters. The maximum atomic E-state index is 12.9. The van der Waals surface area contributed by atoms with Gasteiger partial charge in [0.2, 0.25) is 0 Å². The molecule has 0 unspecified atom stereocenters. The molecule has 0 aliphatic heterocycles. The molecule has 0 spiro atoms. The lowest BCUT2D eigenvalue weighted by Crippen LogP contribution is -2.47. The summed E-state index contributed by atoms with van der Waals surface area (Å²) < 4.78 is 12.9. The van der Waals surface area contributed by atoms with Crippen LogP contribution in [0.3, 0.4) is 0 Å². The molecule has 2 aliphatic rings. The van der Waals surface area contributed by atoms with Crippen LogP contribution >= 0.6 is 0 Å². The molecule has 0 radical (unpaired) electrons. The first-order chi connectivity index (χ1) is 10.2. The van der Waals surface area contributed by atoms with Crippen molar-refractivity contribution in [3.63, 3.8) is 0 Å². The maximum Gasteiger partial charge on any atom is 0.189 e. The van der Waals surface area contributed by atoms with Gasteiger partial charge in [0.15, 0.2) is 5.96 Å². The fourth-order valence-electron chi connectivity index (χ4n) is 3.40. The number of aliphatic imine (C=N–C) groups is 1. The Balaban J connectivity index is 1.45. The monoisotopic (exact) mass is 289 g/mol. The van der Waals surface area contributed by atoms with E-state index in [0.717, 1.165) is 12.8 Å². The van der Waals surface area contributed by atoms with E-state index in [4.69, 9.17) is 5.73 Å². The third kappa shape index (κ3) is 3.74. The molecular weight excluding hydrogens is 265 g/mol. The van der Waals surface area contributed by atoms with Gasteiger partial charge in [-0.05, 0) is 49.3 Å². The van der Waals surface area contributed by atoms with Crippen molar-refractivity contribution >= 4 is 5.96 Å². The summed E-state index contributed by atoms with van der Waals surface area (Å²) in [6.45, 7) is 0. The number of guanidine groups is 1. The molecular formula is C17H24FN3. The minimum atomic E-state index is -0.170. The van der Waals surface area contributed by atoms with Crippen molar-refractivity contribution in [2.45, 2.75) is 62.9 Å². The highest BCUT2D eigenvalue weighted by Gasteiger charge is 2.30. The smallest absolute Gasteiger partial charge is 0.189 e. The van der Waals surface area contributed by atoms with E-state index in [1.807, 2.05) is 12.1 Å². The van der Waals surface area contributed by atoms with Crippen LogP contribution in [0.25, 0.3) is 0 Å². The Labute approximate surface area is 125 Å². The van der Waals surface area contributed by atoms with E-state index < -0.39 is 0 Å². The third-order valence-corrected chi connectivity index (χ3v) is 4.73. The summed E-state index contributed by atoms with van der Waals surface area (Å²) in [5, 5.41) is 3.33. The first kappa shape index (κ1) is 14.4. The van der Waals surface area contributed by atoms with Gasteiger partial charge in [0, 0.05) is 6.04 Å². The van der Waals surface area contributed by atoms with Crippen LogP contribution in [-0.2, 0) is 0 Å². The summed E-state index contributed by atoms with van der Waals surface area (Å²) in [6, 6.07) is 7.67. The van der Waals surface area contributed by atoms with Crippen LogP contribution in [0.15, 0.2) is 29.3 Å². The van der Waals surface area contributed by atoms with Gasteiger partial charge in [-0.1, -0.05) is 31.4 Å². The molecule has 0 aromatic heterocycles. The third-order valence-electron chi connectivity index (χ3n) is 4.73. The van der Waals surface area contributed by atoms with Crippen molar-refractivity contribution in [2.24, 2.45) is 10.7 Å². The zero-order valence-electron chi connectivity index (χ0n) is 12.4. The predicted molar refractivity (Wildman–Crippen MR) is 83.8 cm³/mol. The summed E-state index contributed by atoms with van der Waals surface area (Å²) in [5.41, 5.74) is 7.23. The molecule has 2 saturated carbocycles. The fraction of sp³-hybridized carbons (Fsp3) is 0.588. The number of hydrogen-bond acceptors (Lipinski definition) is 1. The Morgan fingerprint density at radius 2 is 1.76 bits per heavy atom. The molecule has 1 aromatic carbocycles. The van der Waals surface area contributed by atoms with Crippen molar-refractivity contribution in [3.8, 4) is 0 Å². The second kappa shape index (κ2) is 6.46. The van der Waals surface area contributed by atoms with Crippen LogP contribution in [0.2, 0.25) is 0 Å². The Hall–Kier alpha value is -1.58. The van der Waals surface area contributed by atoms with Crippen LogP contribution in [0.5, 0.6) is 0 Å². The zero-order valence-corrected chi connectivity index (χ0v) is 12.4. The van der Waals surface area contributed by atoms with Crippen LogP contribution in [-0.4, -0.2) is 18.0 Å². The van der Waals surface area contributed by atoms with Crippen LogP contribution < -0.4 is 11.1 Å². The van der Waals surface area contributed by atoms with Crippen molar-refractivity contribution in [3.05, 3.63) is 35.6 Å². The van der Waals surface area contributed by atoms with Crippen LogP contribution in [0.1, 0.15) is 56.4 Å². The van der Waals surface area contributed by atoms with Crippen molar-refractivity contribution in [1.82, 2.24) is 5.32 Å². The SMILES string of the molecule is NC(=NC1CCCCC1)NC1CC(c2ccc(F)cc2)C1. The topological polar surface area (TPSA) is 50.4 Å². The lowest BCUT2D eigenvalue weighted by atomic mass is 9.76. The number of halogens is 1. The lowest BCUT2D eigenvalue weighted by molar-refractivity contribution is 0.322. The summed E-state index contributed by atoms with van der Waals surface area (Å²) in [7, 11) is 0. The second-order valence-electron chi connectivity index (χ2n) is 6.37. The van der Waals surface area contributed by atoms with Gasteiger partial charge in [-0.2, -0.15) is 0 Å². The molecule has 21 heavy (non-hydrogen) atoms. The first-order valence-corrected chi connectivity index (χ1v) is 8.06. The van der Waals surface area contributed by atoms with E-state index in [2.05, 4.69) is 10.3 Å². The molecule has 0 saturated heterocycles. The number of hydrogen-bond donors (Lipinski definition) is 2. The molecule has 3 N–H and O–H groups in total. The average Bonchev–Trinajstić information content (AvgIpc) is 2.45. The van der Waals surface area contributed by atoms with Gasteiger partial charge < -0.3 is 11.1 Å². The molecule has 0 bridgehead atoms. The molecule has 3 nitrogen and oxygen atoms in total. The van der Waals surface area contributed by atoms with Crippen LogP contribution in [0.4, 0.5) is 4.39 Å². The van der Waals surface area contributed by atoms with E-state index in [0.29, 0.717) is 24.0 Å². The maximum absolute atomic E-state index is 12.9. The number of nitrogens with one attached hydrogen (secondary N) is 1. The quantitative estimate of drug-likeness (QED) is 0.662. The molecule has 0 heterocycles. The van der Waals surface area contributed by atoms with Gasteiger partial charge in [-0.15, -0.1) is 0 Å². The van der Waals surface area contributed by atoms with Crippen molar-refractivity contribution in [1.29, 1.82) is 0 Å². The summed E-state index contributed by atoms with van der Waals surface area (Å²) >= 11 is 0. The standard InChI is InChI=1S/C17H24FN3/c18-14-8-6-12(7-9-14)13-10-16(11-13)21-17(19)20-15-4-2-1-3-5-15/h6-9,13,15-16H,1-5,10-11H2,(H3,19,20,21). The molecule has 1 aromatic rings. The Morgan fingerprint density at radius 3 is 2.43 bits per heavy atom. The molecule has 3 rings (SSSR count). The zero-order chi connectivity index (χ0) is 14.7. The van der Waals surface area contributed by atoms with Gasteiger partial charge in [0.25, 0.3) is 0 Å². The normalized spacial score (nSPS) is 27.2. The number of nitrogens with zero attached hydrogens (tertiary/aromatic N) is 1. The van der Waals surface area contributed by atoms with E-state index in [9.17, 15) is 4.39 Å². The predicted octanol–water partition coefficient (Wildman–Crippen LogP) is 3.31. The van der Waals surface area contributed by atoms with E-state index in [1.54, 1.807) is 0 Å². The Bertz CT molecular complexity index is 485. The van der Waals surface area contributed by atoms with Crippen LogP contribution in [0, 0.1) is 5.82 Å². The lowest BCUT2D eigenvalue weighted by Gasteiger charge is -2.36. The number of benzene rings is 1. The average molecular weight is 289 g/mol. The molecule has 4 heteroatoms. The van der Waals surface area contributed by atoms with E-state index >= 15 is 0 Å². The minimum absolute atomic E-state index is 0.170. The van der Waals surface area contributed by atoms with Gasteiger partial charge in [-0.3, -0.25) is 4.99 Å². The summed E-state index contributed by atoms with van der Waals surface area (Å²) in [6.07, 6.45) is 8.33. The van der Waals surface area contributed by atoms with Gasteiger partial charge in [0.05, 0.1) is 6.04 Å². The largest absolute Gasteiger partial charge is 0.370 e. The molecule has 2 aliphatic carbocycles. The van der Waals surface area contributed by atoms with Gasteiger partial charge >= 0.3 is 0 Å². The minimum Gasteiger partial charge on any atom is -0.370 e. The molecule has 114 valence electrons. The first-order valence-electron chi connectivity index (χ1n) is 8.06. The summed E-state index contributed by atoms with van der Waals surface area (Å²) in [4.78, 5) is 4.60. The fourth-order valence-corrected chi connectivity index (χ4v) is 3.40. The van der Waals surface area contributed by atoms with Gasteiger partial charge in [-0.25, -0.2) is 4.39 Å². The highest BCUT2D eigenvalue weighted by molar-refractivity contribution is 5.78. The van der Waals surface area contributed by atoms with Crippen molar-refractivity contribution in [2.75, 3.05) is 0 Å². The number of rotatable bonds is 3. The second-order valence-corrected chi connectivity index (χ2v) is 6.37. The van der Waals surface area contributed by atoms with E-state index in [1.165, 1.54) is 49.8 Å². The molecule has 0 amide bonds. The van der Waals surface area contributed by atoms with Crippen molar-refractivity contribution < 1.29 is 4.39 Å². The van der Waals surface area contributed by atoms with E-state index in [-0.39, 0.29) is 5.82 Å². The highest BCUT2D eigenvalue weighted by atomic mass is 19.1. The Morgan fingerprint density at radius 1 is 1.10 bits per heavy atom. The highest BCUT2D eigenvalue weighted by Crippen LogP contribution is 2.36. The number of nitrogens with two attached hydrogens (primary N) is 1.